The van der Waals surface area contributed by atoms with Crippen LogP contribution in [-0.4, -0.2) is 103 Å². The Balaban J connectivity index is 0. The highest BCUT2D eigenvalue weighted by molar-refractivity contribution is 6.18. The SMILES string of the molecule is CCCCCCCCCCCCCCCC(=O)O.CCCCCCCCCCCCCCCC(=O)O.O=NN(CCCl)C(=O)N[C@H]1C(O)O[C@H](CO)[C@@H](O)[C@@H]1O. The van der Waals surface area contributed by atoms with Gasteiger partial charge in [-0.2, -0.15) is 5.01 Å². The highest BCUT2D eigenvalue weighted by Crippen LogP contribution is 2.20. The molecule has 5 atom stereocenters. The van der Waals surface area contributed by atoms with Crippen LogP contribution in [0.15, 0.2) is 5.29 Å². The first-order valence-corrected chi connectivity index (χ1v) is 22.2. The Bertz CT molecular complexity index is 897. The lowest BCUT2D eigenvalue weighted by Gasteiger charge is -2.40. The molecule has 0 aliphatic carbocycles. The fraction of sp³-hybridized carbons (Fsp3) is 0.927. The first kappa shape index (κ1) is 56.0. The van der Waals surface area contributed by atoms with Gasteiger partial charge >= 0.3 is 18.0 Å². The summed E-state index contributed by atoms with van der Waals surface area (Å²) >= 11 is 5.37. The highest BCUT2D eigenvalue weighted by atomic mass is 35.5. The number of nitrogens with zero attached hydrogens (tertiary/aromatic N) is 2. The molecule has 2 amide bonds. The molecule has 0 saturated carbocycles. The molecule has 1 rings (SSSR count). The van der Waals surface area contributed by atoms with E-state index < -0.39 is 55.2 Å². The predicted octanol–water partition coefficient (Wildman–Crippen LogP) is 8.82. The zero-order valence-corrected chi connectivity index (χ0v) is 35.6. The Kier molecular flexibility index (Phi) is 41.1. The van der Waals surface area contributed by atoms with Gasteiger partial charge in [-0.1, -0.05) is 168 Å². The van der Waals surface area contributed by atoms with E-state index in [9.17, 15) is 34.6 Å². The van der Waals surface area contributed by atoms with Gasteiger partial charge in [0.1, 0.15) is 24.4 Å². The molecule has 0 spiro atoms. The summed E-state index contributed by atoms with van der Waals surface area (Å²) in [5, 5.41) is 59.9. The van der Waals surface area contributed by atoms with Gasteiger partial charge in [0.2, 0.25) is 0 Å². The molecule has 332 valence electrons. The number of hydrogen-bond acceptors (Lipinski definition) is 10. The maximum Gasteiger partial charge on any atom is 0.340 e. The van der Waals surface area contributed by atoms with Crippen molar-refractivity contribution < 1.29 is 49.8 Å². The van der Waals surface area contributed by atoms with Gasteiger partial charge in [0.15, 0.2) is 6.29 Å². The number of aliphatic hydroxyl groups is 4. The second kappa shape index (κ2) is 41.1. The van der Waals surface area contributed by atoms with Gasteiger partial charge in [0.05, 0.1) is 18.4 Å². The minimum atomic E-state index is -1.67. The average molecular weight is 827 g/mol. The number of ether oxygens (including phenoxy) is 1. The van der Waals surface area contributed by atoms with E-state index in [-0.39, 0.29) is 12.4 Å². The minimum absolute atomic E-state index is 0.0410. The van der Waals surface area contributed by atoms with Gasteiger partial charge in [-0.25, -0.2) is 4.79 Å². The molecule has 1 aliphatic rings. The van der Waals surface area contributed by atoms with Gasteiger partial charge in [-0.05, 0) is 12.8 Å². The van der Waals surface area contributed by atoms with Crippen LogP contribution in [0.5, 0.6) is 0 Å². The quantitative estimate of drug-likeness (QED) is 0.0143. The number of halogens is 1. The minimum Gasteiger partial charge on any atom is -0.481 e. The molecule has 15 heteroatoms. The molecule has 14 nitrogen and oxygen atoms in total. The van der Waals surface area contributed by atoms with Crippen LogP contribution in [0.1, 0.15) is 194 Å². The smallest absolute Gasteiger partial charge is 0.340 e. The van der Waals surface area contributed by atoms with E-state index >= 15 is 0 Å². The van der Waals surface area contributed by atoms with Crippen LogP contribution in [0.4, 0.5) is 4.79 Å². The van der Waals surface area contributed by atoms with E-state index in [1.54, 1.807) is 0 Å². The standard InChI is InChI=1S/2C16H32O2.C9H16ClN3O7/c2*1-2-3-4-5-6-7-8-9-10-11-12-13-14-15-16(17)18;10-1-2-13(12-19)9(18)11-5-7(16)6(15)4(3-14)20-8(5)17/h2*2-15H2,1H3,(H,17,18);4-8,14-17H,1-3H2,(H,11,18)/t;;4-,5-,6-,7-,8?/m..1/s1. The lowest BCUT2D eigenvalue weighted by atomic mass is 9.97. The number of urea groups is 1. The molecule has 0 aromatic heterocycles. The van der Waals surface area contributed by atoms with E-state index in [2.05, 4.69) is 24.5 Å². The van der Waals surface area contributed by atoms with Crippen molar-refractivity contribution in [2.24, 2.45) is 5.29 Å². The Labute approximate surface area is 342 Å². The Morgan fingerprint density at radius 3 is 1.23 bits per heavy atom. The number of carbonyl (C=O) groups is 3. The molecule has 1 saturated heterocycles. The number of aliphatic hydroxyl groups excluding tert-OH is 4. The number of rotatable bonds is 33. The second-order valence-electron chi connectivity index (χ2n) is 14.9. The van der Waals surface area contributed by atoms with Crippen LogP contribution in [0.3, 0.4) is 0 Å². The zero-order valence-electron chi connectivity index (χ0n) is 34.8. The topological polar surface area (TPSA) is 227 Å². The normalized spacial score (nSPS) is 18.9. The van der Waals surface area contributed by atoms with E-state index in [0.29, 0.717) is 17.9 Å². The fourth-order valence-electron chi connectivity index (χ4n) is 6.32. The van der Waals surface area contributed by atoms with Crippen molar-refractivity contribution in [2.45, 2.75) is 224 Å². The Morgan fingerprint density at radius 2 is 0.946 bits per heavy atom. The van der Waals surface area contributed by atoms with Crippen molar-refractivity contribution in [1.82, 2.24) is 10.3 Å². The fourth-order valence-corrected chi connectivity index (χ4v) is 6.48. The van der Waals surface area contributed by atoms with Crippen LogP contribution in [0.2, 0.25) is 0 Å². The summed E-state index contributed by atoms with van der Waals surface area (Å²) < 4.78 is 4.83. The first-order chi connectivity index (χ1) is 27.0. The van der Waals surface area contributed by atoms with Crippen molar-refractivity contribution in [3.8, 4) is 0 Å². The third-order valence-corrected chi connectivity index (χ3v) is 9.98. The van der Waals surface area contributed by atoms with Gasteiger partial charge in [-0.3, -0.25) is 9.59 Å². The number of nitrogens with one attached hydrogen (secondary N) is 1. The van der Waals surface area contributed by atoms with E-state index in [1.165, 1.54) is 141 Å². The number of hydrogen-bond donors (Lipinski definition) is 7. The number of amides is 2. The highest BCUT2D eigenvalue weighted by Gasteiger charge is 2.44. The first-order valence-electron chi connectivity index (χ1n) is 21.7. The second-order valence-corrected chi connectivity index (χ2v) is 15.2. The molecule has 0 aromatic carbocycles. The number of nitroso groups, excluding NO2 is 1. The molecule has 0 radical (unpaired) electrons. The molecule has 0 aromatic rings. The third-order valence-electron chi connectivity index (χ3n) is 9.81. The average Bonchev–Trinajstić information content (AvgIpc) is 3.17. The Hall–Kier alpha value is -2.10. The van der Waals surface area contributed by atoms with Crippen molar-refractivity contribution >= 4 is 29.6 Å². The summed E-state index contributed by atoms with van der Waals surface area (Å²) in [5.74, 6) is -1.35. The molecule has 56 heavy (non-hydrogen) atoms. The third kappa shape index (κ3) is 34.0. The molecule has 1 heterocycles. The summed E-state index contributed by atoms with van der Waals surface area (Å²) in [6.45, 7) is 3.73. The van der Waals surface area contributed by atoms with Crippen LogP contribution in [0.25, 0.3) is 0 Å². The Morgan fingerprint density at radius 1 is 0.607 bits per heavy atom. The molecular weight excluding hydrogens is 746 g/mol. The van der Waals surface area contributed by atoms with Crippen LogP contribution in [-0.2, 0) is 14.3 Å². The number of unbranched alkanes of at least 4 members (excludes halogenated alkanes) is 24. The number of aliphatic carboxylic acids is 2. The summed E-state index contributed by atoms with van der Waals surface area (Å²) in [4.78, 5) is 42.7. The van der Waals surface area contributed by atoms with E-state index in [1.807, 2.05) is 0 Å². The zero-order chi connectivity index (χ0) is 42.2. The monoisotopic (exact) mass is 826 g/mol. The van der Waals surface area contributed by atoms with Crippen LogP contribution < -0.4 is 5.32 Å². The molecule has 1 aliphatic heterocycles. The molecule has 7 N–H and O–H groups in total. The molecule has 1 fully saturated rings. The number of alkyl halides is 1. The van der Waals surface area contributed by atoms with Crippen molar-refractivity contribution in [3.63, 3.8) is 0 Å². The number of carbonyl (C=O) groups excluding carboxylic acids is 1. The molecule has 0 bridgehead atoms. The number of carboxylic acid groups (broad SMARTS) is 2. The predicted molar refractivity (Wildman–Crippen MR) is 221 cm³/mol. The lowest BCUT2D eigenvalue weighted by molar-refractivity contribution is -0.252. The summed E-state index contributed by atoms with van der Waals surface area (Å²) in [7, 11) is 0. The van der Waals surface area contributed by atoms with Gasteiger partial charge in [0, 0.05) is 18.7 Å². The molecular formula is C41H80ClN3O11. The molecule has 1 unspecified atom stereocenters. The summed E-state index contributed by atoms with van der Waals surface area (Å²) in [5.41, 5.74) is 0. The largest absolute Gasteiger partial charge is 0.481 e. The van der Waals surface area contributed by atoms with Crippen molar-refractivity contribution in [1.29, 1.82) is 0 Å². The van der Waals surface area contributed by atoms with Gasteiger partial charge < -0.3 is 40.7 Å². The van der Waals surface area contributed by atoms with E-state index in [4.69, 9.17) is 31.7 Å². The summed E-state index contributed by atoms with van der Waals surface area (Å²) in [6.07, 6.45) is 28.6. The van der Waals surface area contributed by atoms with Crippen molar-refractivity contribution in [3.05, 3.63) is 4.91 Å². The van der Waals surface area contributed by atoms with Crippen LogP contribution >= 0.6 is 11.6 Å². The van der Waals surface area contributed by atoms with E-state index in [0.717, 1.165) is 25.7 Å². The lowest BCUT2D eigenvalue weighted by Crippen LogP contribution is -2.65. The van der Waals surface area contributed by atoms with Crippen LogP contribution in [0, 0.1) is 4.91 Å². The van der Waals surface area contributed by atoms with Gasteiger partial charge in [0.25, 0.3) is 0 Å². The van der Waals surface area contributed by atoms with Crippen molar-refractivity contribution in [2.75, 3.05) is 19.0 Å². The summed E-state index contributed by atoms with van der Waals surface area (Å²) in [6, 6.07) is -2.40. The van der Waals surface area contributed by atoms with Gasteiger partial charge in [-0.15, -0.1) is 16.5 Å². The maximum absolute atomic E-state index is 11.6. The maximum atomic E-state index is 11.6. The number of carboxylic acids is 2.